The molecule has 0 saturated heterocycles. The Morgan fingerprint density at radius 3 is 1.69 bits per heavy atom. The maximum Gasteiger partial charge on any atom is 0.0544 e. The van der Waals surface area contributed by atoms with Crippen LogP contribution >= 0.6 is 0 Å². The molecule has 2 nitrogen and oxygen atoms in total. The van der Waals surface area contributed by atoms with Crippen LogP contribution in [-0.2, 0) is 10.8 Å². The zero-order chi connectivity index (χ0) is 30.7. The lowest BCUT2D eigenvalue weighted by atomic mass is 9.82. The SMILES string of the molecule is CC(C)(C)c1ccc(-n2c3ccccc3c3cc(-n4c5ccccc5c5cc6c(cc54)C(C)(C)c4ccccc4-6)ccc32)cc1. The molecule has 45 heavy (non-hydrogen) atoms. The summed E-state index contributed by atoms with van der Waals surface area (Å²) in [5.74, 6) is 0. The second kappa shape index (κ2) is 8.99. The number of para-hydroxylation sites is 2. The predicted molar refractivity (Wildman–Crippen MR) is 191 cm³/mol. The average Bonchev–Trinajstić information content (AvgIpc) is 3.63. The Balaban J connectivity index is 1.31. The van der Waals surface area contributed by atoms with Gasteiger partial charge in [-0.15, -0.1) is 0 Å². The lowest BCUT2D eigenvalue weighted by molar-refractivity contribution is 0.590. The van der Waals surface area contributed by atoms with E-state index in [2.05, 4.69) is 171 Å². The second-order valence-electron chi connectivity index (χ2n) is 14.3. The summed E-state index contributed by atoms with van der Waals surface area (Å²) in [6, 6.07) is 47.6. The fourth-order valence-corrected chi connectivity index (χ4v) is 7.93. The highest BCUT2D eigenvalue weighted by Crippen LogP contribution is 2.51. The van der Waals surface area contributed by atoms with Crippen molar-refractivity contribution in [1.29, 1.82) is 0 Å². The van der Waals surface area contributed by atoms with Crippen LogP contribution in [0, 0.1) is 0 Å². The van der Waals surface area contributed by atoms with Gasteiger partial charge in [0, 0.05) is 38.3 Å². The summed E-state index contributed by atoms with van der Waals surface area (Å²) in [5.41, 5.74) is 14.3. The first-order valence-corrected chi connectivity index (χ1v) is 16.0. The van der Waals surface area contributed by atoms with Crippen LogP contribution < -0.4 is 0 Å². The molecule has 6 aromatic carbocycles. The van der Waals surface area contributed by atoms with E-state index in [4.69, 9.17) is 0 Å². The van der Waals surface area contributed by atoms with Crippen molar-refractivity contribution < 1.29 is 0 Å². The Labute approximate surface area is 264 Å². The van der Waals surface area contributed by atoms with Gasteiger partial charge in [0.1, 0.15) is 0 Å². The third-order valence-corrected chi connectivity index (χ3v) is 10.3. The quantitative estimate of drug-likeness (QED) is 0.192. The Hall–Kier alpha value is -5.08. The van der Waals surface area contributed by atoms with Gasteiger partial charge < -0.3 is 9.13 Å². The Morgan fingerprint density at radius 1 is 0.444 bits per heavy atom. The van der Waals surface area contributed by atoms with Crippen molar-refractivity contribution in [2.24, 2.45) is 0 Å². The largest absolute Gasteiger partial charge is 0.309 e. The van der Waals surface area contributed by atoms with Gasteiger partial charge in [0.15, 0.2) is 0 Å². The Morgan fingerprint density at radius 2 is 1.00 bits per heavy atom. The van der Waals surface area contributed by atoms with E-state index >= 15 is 0 Å². The normalized spacial score (nSPS) is 14.1. The topological polar surface area (TPSA) is 9.86 Å². The van der Waals surface area contributed by atoms with Crippen molar-refractivity contribution in [3.8, 4) is 22.5 Å². The van der Waals surface area contributed by atoms with Crippen LogP contribution in [-0.4, -0.2) is 9.13 Å². The van der Waals surface area contributed by atoms with Crippen molar-refractivity contribution in [3.05, 3.63) is 144 Å². The number of hydrogen-bond donors (Lipinski definition) is 0. The molecule has 0 amide bonds. The lowest BCUT2D eigenvalue weighted by Crippen LogP contribution is -2.14. The van der Waals surface area contributed by atoms with Crippen LogP contribution in [0.5, 0.6) is 0 Å². The average molecular weight is 581 g/mol. The molecule has 8 aromatic rings. The summed E-state index contributed by atoms with van der Waals surface area (Å²) in [5, 5.41) is 5.13. The summed E-state index contributed by atoms with van der Waals surface area (Å²) in [6.45, 7) is 11.5. The number of nitrogens with zero attached hydrogens (tertiary/aromatic N) is 2. The van der Waals surface area contributed by atoms with E-state index in [0.29, 0.717) is 0 Å². The molecule has 1 aliphatic rings. The van der Waals surface area contributed by atoms with Gasteiger partial charge in [-0.3, -0.25) is 0 Å². The first-order chi connectivity index (χ1) is 21.7. The summed E-state index contributed by atoms with van der Waals surface area (Å²) in [6.07, 6.45) is 0. The van der Waals surface area contributed by atoms with E-state index in [1.807, 2.05) is 0 Å². The highest BCUT2D eigenvalue weighted by molar-refractivity contribution is 6.13. The highest BCUT2D eigenvalue weighted by atomic mass is 15.0. The van der Waals surface area contributed by atoms with Gasteiger partial charge in [-0.05, 0) is 87.8 Å². The Kier molecular flexibility index (Phi) is 5.26. The van der Waals surface area contributed by atoms with Crippen LogP contribution in [0.1, 0.15) is 51.3 Å². The minimum absolute atomic E-state index is 0.0542. The molecule has 2 aromatic heterocycles. The van der Waals surface area contributed by atoms with Crippen molar-refractivity contribution in [1.82, 2.24) is 9.13 Å². The van der Waals surface area contributed by atoms with Crippen LogP contribution in [0.15, 0.2) is 127 Å². The molecular formula is C43H36N2. The summed E-state index contributed by atoms with van der Waals surface area (Å²) < 4.78 is 4.90. The summed E-state index contributed by atoms with van der Waals surface area (Å²) in [4.78, 5) is 0. The standard InChI is InChI=1S/C43H36N2/c1-42(2,3)27-18-20-28(21-19-27)44-38-16-10-7-13-31(38)34-24-29(22-23-40(34)44)45-39-17-11-8-14-32(39)35-25-33-30-12-6-9-15-36(30)43(4,5)37(33)26-41(35)45/h6-26H,1-5H3. The van der Waals surface area contributed by atoms with E-state index in [1.54, 1.807) is 0 Å². The monoisotopic (exact) mass is 580 g/mol. The predicted octanol–water partition coefficient (Wildman–Crippen LogP) is 11.5. The van der Waals surface area contributed by atoms with Crippen molar-refractivity contribution in [2.75, 3.05) is 0 Å². The fourth-order valence-electron chi connectivity index (χ4n) is 7.93. The molecule has 0 radical (unpaired) electrons. The van der Waals surface area contributed by atoms with Crippen LogP contribution in [0.4, 0.5) is 0 Å². The summed E-state index contributed by atoms with van der Waals surface area (Å²) in [7, 11) is 0. The molecule has 1 aliphatic carbocycles. The van der Waals surface area contributed by atoms with Gasteiger partial charge in [-0.2, -0.15) is 0 Å². The van der Waals surface area contributed by atoms with E-state index in [0.717, 1.165) is 0 Å². The van der Waals surface area contributed by atoms with E-state index in [-0.39, 0.29) is 10.8 Å². The minimum atomic E-state index is -0.0542. The molecule has 2 heteroatoms. The number of fused-ring (bicyclic) bond motifs is 9. The molecule has 0 unspecified atom stereocenters. The first kappa shape index (κ1) is 26.3. The third kappa shape index (κ3) is 3.63. The van der Waals surface area contributed by atoms with Crippen LogP contribution in [0.3, 0.4) is 0 Å². The molecular weight excluding hydrogens is 544 g/mol. The van der Waals surface area contributed by atoms with Gasteiger partial charge in [0.2, 0.25) is 0 Å². The molecule has 0 spiro atoms. The fraction of sp³-hybridized carbons (Fsp3) is 0.163. The van der Waals surface area contributed by atoms with Gasteiger partial charge in [-0.25, -0.2) is 0 Å². The van der Waals surface area contributed by atoms with Gasteiger partial charge in [-0.1, -0.05) is 107 Å². The minimum Gasteiger partial charge on any atom is -0.309 e. The van der Waals surface area contributed by atoms with E-state index in [9.17, 15) is 0 Å². The van der Waals surface area contributed by atoms with Gasteiger partial charge in [0.25, 0.3) is 0 Å². The van der Waals surface area contributed by atoms with Crippen molar-refractivity contribution >= 4 is 43.6 Å². The molecule has 0 aliphatic heterocycles. The second-order valence-corrected chi connectivity index (χ2v) is 14.3. The lowest BCUT2D eigenvalue weighted by Gasteiger charge is -2.21. The smallest absolute Gasteiger partial charge is 0.0544 e. The van der Waals surface area contributed by atoms with Crippen LogP contribution in [0.2, 0.25) is 0 Å². The van der Waals surface area contributed by atoms with Crippen molar-refractivity contribution in [3.63, 3.8) is 0 Å². The maximum atomic E-state index is 2.48. The number of rotatable bonds is 2. The molecule has 0 fully saturated rings. The van der Waals surface area contributed by atoms with Gasteiger partial charge in [0.05, 0.1) is 22.1 Å². The molecule has 9 rings (SSSR count). The maximum absolute atomic E-state index is 2.48. The number of aromatic nitrogens is 2. The molecule has 0 N–H and O–H groups in total. The van der Waals surface area contributed by atoms with Crippen molar-refractivity contribution in [2.45, 2.75) is 45.4 Å². The molecule has 218 valence electrons. The van der Waals surface area contributed by atoms with E-state index < -0.39 is 0 Å². The first-order valence-electron chi connectivity index (χ1n) is 16.0. The molecule has 0 atom stereocenters. The van der Waals surface area contributed by atoms with Gasteiger partial charge >= 0.3 is 0 Å². The highest BCUT2D eigenvalue weighted by Gasteiger charge is 2.36. The Bertz CT molecular complexity index is 2480. The third-order valence-electron chi connectivity index (χ3n) is 10.3. The number of hydrogen-bond acceptors (Lipinski definition) is 0. The number of benzene rings is 6. The zero-order valence-corrected chi connectivity index (χ0v) is 26.5. The zero-order valence-electron chi connectivity index (χ0n) is 26.5. The molecule has 2 heterocycles. The molecule has 0 saturated carbocycles. The summed E-state index contributed by atoms with van der Waals surface area (Å²) >= 11 is 0. The molecule has 0 bridgehead atoms. The van der Waals surface area contributed by atoms with Crippen LogP contribution in [0.25, 0.3) is 66.1 Å². The van der Waals surface area contributed by atoms with E-state index in [1.165, 1.54) is 82.8 Å².